The number of hydrogen-bond acceptors (Lipinski definition) is 2. The van der Waals surface area contributed by atoms with Gasteiger partial charge in [-0.25, -0.2) is 9.79 Å². The Labute approximate surface area is 180 Å². The van der Waals surface area contributed by atoms with Crippen LogP contribution in [0.25, 0.3) is 0 Å². The first-order valence-corrected chi connectivity index (χ1v) is 12.8. The minimum atomic E-state index is -0.684. The standard InChI is InChI=1S/C25H48N2O2/c1-3-5-7-8-9-10-11-12-13-14-15-16-17-18-19-24-26-20-22-27(24,21-6-4-2)23-25(28)29/h3-23H2,1-2H3/p+1. The third kappa shape index (κ3) is 11.8. The summed E-state index contributed by atoms with van der Waals surface area (Å²) in [5.74, 6) is 0.483. The molecule has 0 aromatic carbocycles. The maximum atomic E-state index is 11.4. The van der Waals surface area contributed by atoms with Crippen molar-refractivity contribution in [3.05, 3.63) is 0 Å². The zero-order valence-electron chi connectivity index (χ0n) is 19.6. The summed E-state index contributed by atoms with van der Waals surface area (Å²) in [6, 6.07) is 0. The molecule has 1 unspecified atom stereocenters. The second-order valence-electron chi connectivity index (χ2n) is 9.14. The van der Waals surface area contributed by atoms with E-state index in [2.05, 4.69) is 13.8 Å². The predicted octanol–water partition coefficient (Wildman–Crippen LogP) is 6.97. The molecule has 0 saturated heterocycles. The molecule has 0 aromatic rings. The maximum Gasteiger partial charge on any atom is 0.359 e. The van der Waals surface area contributed by atoms with Gasteiger partial charge in [0.2, 0.25) is 0 Å². The van der Waals surface area contributed by atoms with E-state index in [0.717, 1.165) is 38.9 Å². The molecule has 4 nitrogen and oxygen atoms in total. The van der Waals surface area contributed by atoms with Gasteiger partial charge in [-0.05, 0) is 12.8 Å². The Balaban J connectivity index is 2.05. The Hall–Kier alpha value is -0.900. The van der Waals surface area contributed by atoms with Gasteiger partial charge in [-0.1, -0.05) is 104 Å². The van der Waals surface area contributed by atoms with Crippen LogP contribution in [-0.2, 0) is 4.79 Å². The molecule has 1 aliphatic rings. The van der Waals surface area contributed by atoms with Crippen LogP contribution in [0.5, 0.6) is 0 Å². The summed E-state index contributed by atoms with van der Waals surface area (Å²) in [6.07, 6.45) is 22.4. The molecule has 0 bridgehead atoms. The van der Waals surface area contributed by atoms with E-state index in [9.17, 15) is 9.90 Å². The van der Waals surface area contributed by atoms with E-state index in [4.69, 9.17) is 4.99 Å². The lowest BCUT2D eigenvalue weighted by molar-refractivity contribution is -0.829. The first kappa shape index (κ1) is 26.1. The van der Waals surface area contributed by atoms with Crippen LogP contribution in [0.3, 0.4) is 0 Å². The van der Waals surface area contributed by atoms with Crippen LogP contribution in [0.4, 0.5) is 0 Å². The van der Waals surface area contributed by atoms with E-state index in [-0.39, 0.29) is 6.54 Å². The molecular formula is C25H49N2O2+. The Bertz CT molecular complexity index is 450. The van der Waals surface area contributed by atoms with Gasteiger partial charge in [0, 0.05) is 6.42 Å². The molecule has 0 aliphatic carbocycles. The zero-order chi connectivity index (χ0) is 21.2. The number of quaternary nitrogens is 1. The second kappa shape index (κ2) is 16.8. The van der Waals surface area contributed by atoms with Gasteiger partial charge < -0.3 is 5.11 Å². The molecule has 0 aromatic heterocycles. The van der Waals surface area contributed by atoms with Gasteiger partial charge in [0.25, 0.3) is 0 Å². The fourth-order valence-corrected chi connectivity index (χ4v) is 4.65. The van der Waals surface area contributed by atoms with Crippen molar-refractivity contribution in [2.75, 3.05) is 26.2 Å². The Morgan fingerprint density at radius 1 is 0.793 bits per heavy atom. The molecule has 1 N–H and O–H groups in total. The van der Waals surface area contributed by atoms with Gasteiger partial charge in [0.05, 0.1) is 13.1 Å². The summed E-state index contributed by atoms with van der Waals surface area (Å²) in [5.41, 5.74) is 0. The van der Waals surface area contributed by atoms with Crippen molar-refractivity contribution in [1.29, 1.82) is 0 Å². The first-order chi connectivity index (χ1) is 14.1. The minimum absolute atomic E-state index is 0.220. The van der Waals surface area contributed by atoms with E-state index in [1.165, 1.54) is 95.7 Å². The predicted molar refractivity (Wildman–Crippen MR) is 125 cm³/mol. The number of nitrogens with zero attached hydrogens (tertiary/aromatic N) is 2. The Kier molecular flexibility index (Phi) is 15.2. The lowest BCUT2D eigenvalue weighted by Crippen LogP contribution is -2.54. The lowest BCUT2D eigenvalue weighted by Gasteiger charge is -2.33. The number of rotatable bonds is 20. The number of carboxylic acids is 1. The summed E-state index contributed by atoms with van der Waals surface area (Å²) in [5, 5.41) is 9.38. The van der Waals surface area contributed by atoms with Gasteiger partial charge in [-0.2, -0.15) is 0 Å². The molecule has 0 saturated carbocycles. The van der Waals surface area contributed by atoms with Crippen molar-refractivity contribution in [3.8, 4) is 0 Å². The molecule has 170 valence electrons. The van der Waals surface area contributed by atoms with Gasteiger partial charge in [0.15, 0.2) is 12.4 Å². The smallest absolute Gasteiger partial charge is 0.359 e. The van der Waals surface area contributed by atoms with E-state index >= 15 is 0 Å². The van der Waals surface area contributed by atoms with Crippen molar-refractivity contribution in [1.82, 2.24) is 0 Å². The van der Waals surface area contributed by atoms with Gasteiger partial charge in [-0.3, -0.25) is 4.48 Å². The third-order valence-corrected chi connectivity index (χ3v) is 6.50. The molecule has 1 aliphatic heterocycles. The van der Waals surface area contributed by atoms with Crippen LogP contribution in [-0.4, -0.2) is 47.6 Å². The van der Waals surface area contributed by atoms with Crippen LogP contribution in [0.15, 0.2) is 4.99 Å². The third-order valence-electron chi connectivity index (χ3n) is 6.50. The van der Waals surface area contributed by atoms with E-state index in [1.807, 2.05) is 0 Å². The first-order valence-electron chi connectivity index (χ1n) is 12.8. The molecule has 0 amide bonds. The fraction of sp³-hybridized carbons (Fsp3) is 0.920. The van der Waals surface area contributed by atoms with Crippen LogP contribution in [0, 0.1) is 0 Å². The van der Waals surface area contributed by atoms with Crippen LogP contribution in [0.2, 0.25) is 0 Å². The quantitative estimate of drug-likeness (QED) is 0.174. The number of unbranched alkanes of at least 4 members (excludes halogenated alkanes) is 14. The highest BCUT2D eigenvalue weighted by atomic mass is 16.4. The highest BCUT2D eigenvalue weighted by Gasteiger charge is 2.39. The largest absolute Gasteiger partial charge is 0.477 e. The average Bonchev–Trinajstić information content (AvgIpc) is 3.08. The van der Waals surface area contributed by atoms with Crippen LogP contribution in [0.1, 0.15) is 123 Å². The highest BCUT2D eigenvalue weighted by Crippen LogP contribution is 2.22. The minimum Gasteiger partial charge on any atom is -0.477 e. The molecule has 0 fully saturated rings. The zero-order valence-corrected chi connectivity index (χ0v) is 19.6. The van der Waals surface area contributed by atoms with E-state index < -0.39 is 5.97 Å². The number of aliphatic imine (C=N–C) groups is 1. The molecule has 1 heterocycles. The SMILES string of the molecule is CCCCCCCCCCCCCCCCC1=NCC[N+]1(CCCC)CC(=O)O. The Morgan fingerprint density at radius 3 is 1.76 bits per heavy atom. The second-order valence-corrected chi connectivity index (χ2v) is 9.14. The van der Waals surface area contributed by atoms with E-state index in [1.54, 1.807) is 0 Å². The van der Waals surface area contributed by atoms with Crippen molar-refractivity contribution in [3.63, 3.8) is 0 Å². The van der Waals surface area contributed by atoms with Gasteiger partial charge in [0.1, 0.15) is 6.54 Å². The highest BCUT2D eigenvalue weighted by molar-refractivity contribution is 5.80. The van der Waals surface area contributed by atoms with Crippen LogP contribution < -0.4 is 0 Å². The average molecular weight is 410 g/mol. The van der Waals surface area contributed by atoms with Crippen molar-refractivity contribution in [2.45, 2.75) is 123 Å². The molecular weight excluding hydrogens is 360 g/mol. The lowest BCUT2D eigenvalue weighted by atomic mass is 10.0. The number of carbonyl (C=O) groups is 1. The molecule has 1 atom stereocenters. The fourth-order valence-electron chi connectivity index (χ4n) is 4.65. The number of carboxylic acid groups (broad SMARTS) is 1. The van der Waals surface area contributed by atoms with Gasteiger partial charge >= 0.3 is 5.97 Å². The summed E-state index contributed by atoms with van der Waals surface area (Å²) in [4.78, 5) is 16.1. The van der Waals surface area contributed by atoms with Crippen molar-refractivity contribution in [2.24, 2.45) is 4.99 Å². The monoisotopic (exact) mass is 409 g/mol. The maximum absolute atomic E-state index is 11.4. The number of amidine groups is 1. The van der Waals surface area contributed by atoms with Crippen molar-refractivity contribution < 1.29 is 14.4 Å². The molecule has 0 spiro atoms. The summed E-state index contributed by atoms with van der Waals surface area (Å²) in [7, 11) is 0. The number of aliphatic carboxylic acids is 1. The van der Waals surface area contributed by atoms with Crippen LogP contribution >= 0.6 is 0 Å². The van der Waals surface area contributed by atoms with Gasteiger partial charge in [-0.15, -0.1) is 0 Å². The number of hydrogen-bond donors (Lipinski definition) is 1. The molecule has 0 radical (unpaired) electrons. The van der Waals surface area contributed by atoms with Crippen molar-refractivity contribution >= 4 is 11.8 Å². The topological polar surface area (TPSA) is 49.7 Å². The summed E-state index contributed by atoms with van der Waals surface area (Å²) >= 11 is 0. The summed E-state index contributed by atoms with van der Waals surface area (Å²) < 4.78 is 0.627. The molecule has 1 rings (SSSR count). The normalized spacial score (nSPS) is 18.9. The molecule has 29 heavy (non-hydrogen) atoms. The molecule has 4 heteroatoms. The Morgan fingerprint density at radius 2 is 1.28 bits per heavy atom. The van der Waals surface area contributed by atoms with E-state index in [0.29, 0.717) is 4.48 Å². The summed E-state index contributed by atoms with van der Waals surface area (Å²) in [6.45, 7) is 7.32.